The summed E-state index contributed by atoms with van der Waals surface area (Å²) in [5.74, 6) is 0.0390. The number of hydrogen-bond donors (Lipinski definition) is 2. The topological polar surface area (TPSA) is 70.9 Å². The van der Waals surface area contributed by atoms with E-state index in [4.69, 9.17) is 0 Å². The van der Waals surface area contributed by atoms with Gasteiger partial charge in [-0.15, -0.1) is 0 Å². The molecule has 0 aliphatic carbocycles. The Morgan fingerprint density at radius 3 is 2.35 bits per heavy atom. The Kier molecular flexibility index (Phi) is 7.61. The summed E-state index contributed by atoms with van der Waals surface area (Å²) < 4.78 is 27.2. The summed E-state index contributed by atoms with van der Waals surface area (Å²) >= 11 is 0. The Morgan fingerprint density at radius 1 is 1.19 bits per heavy atom. The van der Waals surface area contributed by atoms with Gasteiger partial charge in [-0.25, -0.2) is 8.42 Å². The molecule has 1 saturated heterocycles. The van der Waals surface area contributed by atoms with E-state index in [1.165, 1.54) is 4.31 Å². The molecule has 2 rings (SSSR count). The number of nitrogens with zero attached hydrogens (tertiary/aromatic N) is 1. The van der Waals surface area contributed by atoms with Crippen LogP contribution in [0, 0.1) is 0 Å². The lowest BCUT2D eigenvalue weighted by Crippen LogP contribution is -3.15. The van der Waals surface area contributed by atoms with Crippen LogP contribution in [0.1, 0.15) is 39.2 Å². The molecule has 7 heteroatoms. The van der Waals surface area contributed by atoms with E-state index in [1.807, 2.05) is 26.0 Å². The third-order valence-corrected chi connectivity index (χ3v) is 6.87. The second kappa shape index (κ2) is 9.48. The minimum Gasteiger partial charge on any atom is -0.349 e. The van der Waals surface area contributed by atoms with Gasteiger partial charge in [0.2, 0.25) is 10.0 Å². The van der Waals surface area contributed by atoms with Crippen molar-refractivity contribution in [1.82, 2.24) is 9.62 Å². The van der Waals surface area contributed by atoms with Crippen LogP contribution in [0.15, 0.2) is 29.2 Å². The van der Waals surface area contributed by atoms with Crippen LogP contribution in [0.4, 0.5) is 0 Å². The number of carbonyl (C=O) groups is 1. The smallest absolute Gasteiger partial charge is 0.275 e. The van der Waals surface area contributed by atoms with E-state index >= 15 is 0 Å². The molecule has 1 aromatic carbocycles. The molecule has 26 heavy (non-hydrogen) atoms. The predicted octanol–water partition coefficient (Wildman–Crippen LogP) is 0.443. The lowest BCUT2D eigenvalue weighted by Gasteiger charge is -2.31. The van der Waals surface area contributed by atoms with Gasteiger partial charge in [0, 0.05) is 6.04 Å². The van der Waals surface area contributed by atoms with Gasteiger partial charge in [0.25, 0.3) is 5.91 Å². The van der Waals surface area contributed by atoms with Gasteiger partial charge in [0.05, 0.1) is 31.1 Å². The molecular formula is C19H32N3O3S+. The van der Waals surface area contributed by atoms with Crippen LogP contribution in [0.5, 0.6) is 0 Å². The highest BCUT2D eigenvalue weighted by molar-refractivity contribution is 7.89. The summed E-state index contributed by atoms with van der Waals surface area (Å²) in [6.45, 7) is 8.75. The summed E-state index contributed by atoms with van der Waals surface area (Å²) in [5.41, 5.74) is 1.16. The molecule has 146 valence electrons. The van der Waals surface area contributed by atoms with E-state index in [9.17, 15) is 13.2 Å². The zero-order valence-corrected chi connectivity index (χ0v) is 16.9. The quantitative estimate of drug-likeness (QED) is 0.686. The fraction of sp³-hybridized carbons (Fsp3) is 0.632. The van der Waals surface area contributed by atoms with E-state index in [2.05, 4.69) is 12.2 Å². The average molecular weight is 383 g/mol. The summed E-state index contributed by atoms with van der Waals surface area (Å²) in [5, 5.41) is 2.97. The molecule has 6 nitrogen and oxygen atoms in total. The molecule has 0 saturated carbocycles. The molecule has 1 amide bonds. The molecule has 1 atom stereocenters. The van der Waals surface area contributed by atoms with E-state index in [1.54, 1.807) is 12.1 Å². The van der Waals surface area contributed by atoms with Crippen LogP contribution >= 0.6 is 0 Å². The Labute approximate surface area is 157 Å². The van der Waals surface area contributed by atoms with Crippen molar-refractivity contribution in [3.8, 4) is 0 Å². The van der Waals surface area contributed by atoms with Crippen molar-refractivity contribution in [2.75, 3.05) is 32.7 Å². The van der Waals surface area contributed by atoms with Gasteiger partial charge >= 0.3 is 0 Å². The highest BCUT2D eigenvalue weighted by Crippen LogP contribution is 2.17. The number of benzene rings is 1. The maximum Gasteiger partial charge on any atom is 0.275 e. The first-order valence-electron chi connectivity index (χ1n) is 9.58. The fourth-order valence-corrected chi connectivity index (χ4v) is 4.58. The molecule has 2 N–H and O–H groups in total. The number of piperazine rings is 1. The number of sulfonamides is 1. The maximum absolute atomic E-state index is 12.8. The van der Waals surface area contributed by atoms with Gasteiger partial charge < -0.3 is 10.2 Å². The first kappa shape index (κ1) is 20.9. The van der Waals surface area contributed by atoms with Crippen molar-refractivity contribution >= 4 is 15.9 Å². The summed E-state index contributed by atoms with van der Waals surface area (Å²) in [4.78, 5) is 13.5. The minimum atomic E-state index is -3.45. The maximum atomic E-state index is 12.8. The van der Waals surface area contributed by atoms with Crippen LogP contribution in [0.25, 0.3) is 0 Å². The monoisotopic (exact) mass is 382 g/mol. The number of amides is 1. The normalized spacial score (nSPS) is 17.8. The predicted molar refractivity (Wildman–Crippen MR) is 103 cm³/mol. The molecule has 1 heterocycles. The van der Waals surface area contributed by atoms with Crippen molar-refractivity contribution in [1.29, 1.82) is 0 Å². The SMILES string of the molecule is CCCc1ccc(S(=O)(=O)N2CC[NH+](CC(=O)N[C@@H](C)CC)CC2)cc1. The molecule has 1 aliphatic heterocycles. The summed E-state index contributed by atoms with van der Waals surface area (Å²) in [7, 11) is -3.45. The number of nitrogens with one attached hydrogen (secondary N) is 2. The highest BCUT2D eigenvalue weighted by atomic mass is 32.2. The summed E-state index contributed by atoms with van der Waals surface area (Å²) in [6.07, 6.45) is 2.91. The Balaban J connectivity index is 1.90. The van der Waals surface area contributed by atoms with Crippen LogP contribution in [0.2, 0.25) is 0 Å². The van der Waals surface area contributed by atoms with Crippen LogP contribution in [-0.2, 0) is 21.2 Å². The molecule has 0 spiro atoms. The molecule has 1 aromatic rings. The first-order chi connectivity index (χ1) is 12.4. The number of quaternary nitrogens is 1. The van der Waals surface area contributed by atoms with Crippen molar-refractivity contribution < 1.29 is 18.1 Å². The van der Waals surface area contributed by atoms with Crippen LogP contribution in [0.3, 0.4) is 0 Å². The van der Waals surface area contributed by atoms with Crippen LogP contribution < -0.4 is 10.2 Å². The standard InChI is InChI=1S/C19H31N3O3S/c1-4-6-17-7-9-18(10-8-17)26(24,25)22-13-11-21(12-14-22)15-19(23)20-16(3)5-2/h7-10,16H,4-6,11-15H2,1-3H3,(H,20,23)/p+1/t16-/m0/s1. The van der Waals surface area contributed by atoms with E-state index in [0.717, 1.165) is 29.7 Å². The van der Waals surface area contributed by atoms with Gasteiger partial charge in [-0.2, -0.15) is 4.31 Å². The zero-order chi connectivity index (χ0) is 19.2. The van der Waals surface area contributed by atoms with E-state index in [0.29, 0.717) is 37.6 Å². The first-order valence-corrected chi connectivity index (χ1v) is 11.0. The Bertz CT molecular complexity index is 680. The highest BCUT2D eigenvalue weighted by Gasteiger charge is 2.31. The largest absolute Gasteiger partial charge is 0.349 e. The molecule has 0 bridgehead atoms. The second-order valence-electron chi connectivity index (χ2n) is 7.10. The summed E-state index contributed by atoms with van der Waals surface area (Å²) in [6, 6.07) is 7.39. The van der Waals surface area contributed by atoms with E-state index in [-0.39, 0.29) is 11.9 Å². The van der Waals surface area contributed by atoms with Gasteiger partial charge in [-0.1, -0.05) is 32.4 Å². The third kappa shape index (κ3) is 5.53. The van der Waals surface area contributed by atoms with Crippen LogP contribution in [-0.4, -0.2) is 57.4 Å². The fourth-order valence-electron chi connectivity index (χ4n) is 3.14. The van der Waals surface area contributed by atoms with Crippen molar-refractivity contribution in [2.45, 2.75) is 51.0 Å². The minimum absolute atomic E-state index is 0.0390. The molecular weight excluding hydrogens is 350 g/mol. The Morgan fingerprint density at radius 2 is 1.81 bits per heavy atom. The molecule has 1 fully saturated rings. The number of hydrogen-bond acceptors (Lipinski definition) is 3. The zero-order valence-electron chi connectivity index (χ0n) is 16.1. The van der Waals surface area contributed by atoms with Crippen molar-refractivity contribution in [3.05, 3.63) is 29.8 Å². The lowest BCUT2D eigenvalue weighted by atomic mass is 10.1. The lowest BCUT2D eigenvalue weighted by molar-refractivity contribution is -0.895. The number of aryl methyl sites for hydroxylation is 1. The average Bonchev–Trinajstić information content (AvgIpc) is 2.62. The molecule has 0 radical (unpaired) electrons. The number of carbonyl (C=O) groups excluding carboxylic acids is 1. The van der Waals surface area contributed by atoms with Crippen molar-refractivity contribution in [2.24, 2.45) is 0 Å². The molecule has 1 aliphatic rings. The van der Waals surface area contributed by atoms with Gasteiger partial charge in [-0.3, -0.25) is 4.79 Å². The van der Waals surface area contributed by atoms with E-state index < -0.39 is 10.0 Å². The Hall–Kier alpha value is -1.44. The van der Waals surface area contributed by atoms with Gasteiger partial charge in [0.1, 0.15) is 0 Å². The number of rotatable bonds is 8. The van der Waals surface area contributed by atoms with Crippen molar-refractivity contribution in [3.63, 3.8) is 0 Å². The second-order valence-corrected chi connectivity index (χ2v) is 9.04. The third-order valence-electron chi connectivity index (χ3n) is 4.96. The van der Waals surface area contributed by atoms with Gasteiger partial charge in [-0.05, 0) is 37.5 Å². The van der Waals surface area contributed by atoms with Gasteiger partial charge in [0.15, 0.2) is 6.54 Å². The molecule has 0 aromatic heterocycles. The molecule has 0 unspecified atom stereocenters.